The van der Waals surface area contributed by atoms with Gasteiger partial charge in [-0.15, -0.1) is 0 Å². The van der Waals surface area contributed by atoms with Crippen LogP contribution in [0.4, 0.5) is 0 Å². The molecule has 13 N–H and O–H groups in total. The Balaban J connectivity index is -0.00000000181. The van der Waals surface area contributed by atoms with Crippen molar-refractivity contribution in [2.75, 3.05) is 6.61 Å². The Kier molecular flexibility index (Phi) is 3940. The molecule has 0 saturated heterocycles. The van der Waals surface area contributed by atoms with Gasteiger partial charge in [-0.3, -0.25) is 0 Å². The molecule has 0 heterocycles. The molecule has 0 radical (unpaired) electrons. The molecule has 85 valence electrons. The van der Waals surface area contributed by atoms with Crippen molar-refractivity contribution in [3.63, 3.8) is 0 Å². The van der Waals surface area contributed by atoms with Crippen LogP contribution < -0.4 is 0 Å². The molecule has 0 bridgehead atoms. The van der Waals surface area contributed by atoms with Gasteiger partial charge in [0.25, 0.3) is 0 Å². The summed E-state index contributed by atoms with van der Waals surface area (Å²) in [5, 5.41) is 7.57. The van der Waals surface area contributed by atoms with E-state index in [1.807, 2.05) is 0 Å². The molecule has 0 rings (SSSR count). The summed E-state index contributed by atoms with van der Waals surface area (Å²) >= 11 is 3.35. The van der Waals surface area contributed by atoms with E-state index in [1.54, 1.807) is 6.92 Å². The van der Waals surface area contributed by atoms with Crippen molar-refractivity contribution < 1.29 is 52.5 Å². The first-order chi connectivity index (χ1) is 2.41. The van der Waals surface area contributed by atoms with Crippen molar-refractivity contribution >= 4 is 10.2 Å². The molecular weight excluding hydrogens is 230 g/mol. The van der Waals surface area contributed by atoms with Crippen molar-refractivity contribution in [2.45, 2.75) is 6.92 Å². The Hall–Kier alpha value is 0.504. The van der Waals surface area contributed by atoms with Crippen LogP contribution in [0.25, 0.3) is 0 Å². The molecule has 11 heavy (non-hydrogen) atoms. The van der Waals surface area contributed by atoms with Gasteiger partial charge in [0, 0.05) is 6.61 Å². The van der Waals surface area contributed by atoms with E-state index in [4.69, 9.17) is 5.11 Å². The van der Waals surface area contributed by atoms with Crippen LogP contribution >= 0.6 is 10.2 Å². The Morgan fingerprint density at radius 1 is 0.909 bits per heavy atom. The maximum atomic E-state index is 7.57. The SMILES string of the molecule is CCO.O.O.O.O.O.O.[Cl][Ni]. The topological polar surface area (TPSA) is 209 Å². The zero-order valence-corrected chi connectivity index (χ0v) is 7.59. The summed E-state index contributed by atoms with van der Waals surface area (Å²) in [5.74, 6) is 0. The summed E-state index contributed by atoms with van der Waals surface area (Å²) in [6.07, 6.45) is 0. The predicted octanol–water partition coefficient (Wildman–Crippen LogP) is -4.26. The molecule has 0 aromatic rings. The minimum atomic E-state index is 0. The van der Waals surface area contributed by atoms with Gasteiger partial charge in [-0.05, 0) is 6.92 Å². The van der Waals surface area contributed by atoms with Crippen molar-refractivity contribution in [1.29, 1.82) is 0 Å². The first-order valence-corrected chi connectivity index (χ1v) is 2.50. The van der Waals surface area contributed by atoms with Crippen LogP contribution in [-0.4, -0.2) is 44.6 Å². The summed E-state index contributed by atoms with van der Waals surface area (Å²) in [6, 6.07) is 0. The third-order valence-corrected chi connectivity index (χ3v) is 0. The Bertz CT molecular complexity index is 16.4. The van der Waals surface area contributed by atoms with Crippen LogP contribution in [0.5, 0.6) is 0 Å². The molecule has 0 fully saturated rings. The van der Waals surface area contributed by atoms with E-state index < -0.39 is 0 Å². The van der Waals surface area contributed by atoms with Crippen molar-refractivity contribution in [3.05, 3.63) is 0 Å². The molecule has 0 aromatic heterocycles. The molecule has 0 saturated carbocycles. The zero-order valence-electron chi connectivity index (χ0n) is 5.85. The fraction of sp³-hybridized carbons (Fsp3) is 1.00. The van der Waals surface area contributed by atoms with Gasteiger partial charge >= 0.3 is 24.8 Å². The third kappa shape index (κ3) is 3000. The maximum absolute atomic E-state index is 7.57. The second-order valence-electron chi connectivity index (χ2n) is 0.316. The fourth-order valence-corrected chi connectivity index (χ4v) is 0. The monoisotopic (exact) mass is 247 g/mol. The summed E-state index contributed by atoms with van der Waals surface area (Å²) in [7, 11) is 4.26. The van der Waals surface area contributed by atoms with E-state index in [0.29, 0.717) is 0 Å². The van der Waals surface area contributed by atoms with Gasteiger partial charge in [-0.1, -0.05) is 0 Å². The van der Waals surface area contributed by atoms with Crippen LogP contribution in [0.3, 0.4) is 0 Å². The summed E-state index contributed by atoms with van der Waals surface area (Å²) in [6.45, 7) is 1.93. The quantitative estimate of drug-likeness (QED) is 0.414. The second-order valence-corrected chi connectivity index (χ2v) is 0.316. The molecule has 0 atom stereocenters. The van der Waals surface area contributed by atoms with Crippen LogP contribution in [0.1, 0.15) is 6.92 Å². The minimum absolute atomic E-state index is 0. The molecule has 0 aliphatic rings. The van der Waals surface area contributed by atoms with Gasteiger partial charge in [-0.25, -0.2) is 0 Å². The molecule has 0 aromatic carbocycles. The normalized spacial score (nSPS) is 2.27. The van der Waals surface area contributed by atoms with Crippen LogP contribution in [-0.2, 0) is 14.6 Å². The van der Waals surface area contributed by atoms with E-state index in [2.05, 4.69) is 24.8 Å². The van der Waals surface area contributed by atoms with Crippen molar-refractivity contribution in [2.24, 2.45) is 0 Å². The van der Waals surface area contributed by atoms with Gasteiger partial charge < -0.3 is 38.0 Å². The van der Waals surface area contributed by atoms with Gasteiger partial charge in [0.15, 0.2) is 0 Å². The number of halogens is 1. The van der Waals surface area contributed by atoms with Crippen LogP contribution in [0.2, 0.25) is 0 Å². The van der Waals surface area contributed by atoms with Gasteiger partial charge in [0.2, 0.25) is 0 Å². The van der Waals surface area contributed by atoms with Crippen molar-refractivity contribution in [3.8, 4) is 0 Å². The number of hydrogen-bond acceptors (Lipinski definition) is 1. The number of aliphatic hydroxyl groups is 1. The number of hydrogen-bond donors (Lipinski definition) is 1. The summed E-state index contributed by atoms with van der Waals surface area (Å²) in [5.41, 5.74) is 0. The average Bonchev–Trinajstić information content (AvgIpc) is 1.46. The van der Waals surface area contributed by atoms with Crippen LogP contribution in [0.15, 0.2) is 0 Å². The predicted molar refractivity (Wildman–Crippen MR) is 40.3 cm³/mol. The van der Waals surface area contributed by atoms with Crippen molar-refractivity contribution in [1.82, 2.24) is 0 Å². The summed E-state index contributed by atoms with van der Waals surface area (Å²) in [4.78, 5) is 0. The van der Waals surface area contributed by atoms with E-state index in [1.165, 1.54) is 0 Å². The van der Waals surface area contributed by atoms with Gasteiger partial charge in [0.05, 0.1) is 0 Å². The first-order valence-electron chi connectivity index (χ1n) is 1.14. The van der Waals surface area contributed by atoms with Crippen LogP contribution in [0, 0.1) is 0 Å². The van der Waals surface area contributed by atoms with E-state index in [9.17, 15) is 0 Å². The first kappa shape index (κ1) is 103. The fourth-order valence-electron chi connectivity index (χ4n) is 0. The molecule has 0 amide bonds. The molecular formula is C2H18ClNiO7. The number of rotatable bonds is 0. The standard InChI is InChI=1S/C2H6O.ClH.Ni.6H2O/c1-2-3;;;;;;;;/h3H,2H2,1H3;1H;;6*1H2/q;;+1;;;;;;/p-1. The average molecular weight is 248 g/mol. The number of aliphatic hydroxyl groups excluding tert-OH is 1. The van der Waals surface area contributed by atoms with E-state index >= 15 is 0 Å². The molecule has 9 heteroatoms. The second kappa shape index (κ2) is 420. The zero-order chi connectivity index (χ0) is 4.71. The molecule has 0 aliphatic heterocycles. The van der Waals surface area contributed by atoms with E-state index in [-0.39, 0.29) is 39.5 Å². The molecule has 0 spiro atoms. The van der Waals surface area contributed by atoms with E-state index in [0.717, 1.165) is 0 Å². The molecule has 0 unspecified atom stereocenters. The molecule has 0 aliphatic carbocycles. The van der Waals surface area contributed by atoms with Gasteiger partial charge in [-0.2, -0.15) is 0 Å². The summed E-state index contributed by atoms with van der Waals surface area (Å²) < 4.78 is 0. The Labute approximate surface area is 76.9 Å². The Morgan fingerprint density at radius 3 is 0.909 bits per heavy atom. The molecule has 7 nitrogen and oxygen atoms in total. The Morgan fingerprint density at radius 2 is 0.909 bits per heavy atom. The van der Waals surface area contributed by atoms with Gasteiger partial charge in [0.1, 0.15) is 0 Å². The third-order valence-electron chi connectivity index (χ3n) is 0.